The normalized spacial score (nSPS) is 10.6. The van der Waals surface area contributed by atoms with Gasteiger partial charge in [-0.1, -0.05) is 52.4 Å². The largest absolute Gasteiger partial charge is 0.317 e. The molecule has 0 aromatic heterocycles. The molecule has 0 aromatic rings. The van der Waals surface area contributed by atoms with Crippen LogP contribution in [0.5, 0.6) is 0 Å². The Kier molecular flexibility index (Phi) is 11.9. The van der Waals surface area contributed by atoms with Crippen molar-refractivity contribution in [3.8, 4) is 0 Å². The third-order valence-electron chi connectivity index (χ3n) is 2.31. The molecule has 0 amide bonds. The minimum atomic E-state index is 1.11. The average molecular weight is 184 g/mol. The van der Waals surface area contributed by atoms with Crippen molar-refractivity contribution in [2.45, 2.75) is 58.3 Å². The third-order valence-corrected chi connectivity index (χ3v) is 2.31. The zero-order valence-electron chi connectivity index (χ0n) is 9.28. The summed E-state index contributed by atoms with van der Waals surface area (Å²) in [4.78, 5) is 0. The molecule has 79 valence electrons. The summed E-state index contributed by atoms with van der Waals surface area (Å²) in [7, 11) is 0. The molecule has 0 heterocycles. The Labute approximate surface area is 84.3 Å². The molecule has 0 atom stereocenters. The van der Waals surface area contributed by atoms with Crippen LogP contribution in [0.25, 0.3) is 0 Å². The first-order valence-electron chi connectivity index (χ1n) is 5.91. The lowest BCUT2D eigenvalue weighted by Gasteiger charge is -2.03. The van der Waals surface area contributed by atoms with Crippen molar-refractivity contribution < 1.29 is 0 Å². The quantitative estimate of drug-likeness (QED) is 0.512. The van der Waals surface area contributed by atoms with E-state index in [0.29, 0.717) is 0 Å². The summed E-state index contributed by atoms with van der Waals surface area (Å²) in [5, 5.41) is 3.46. The zero-order chi connectivity index (χ0) is 9.78. The van der Waals surface area contributed by atoms with Crippen molar-refractivity contribution in [2.75, 3.05) is 13.1 Å². The predicted molar refractivity (Wildman–Crippen MR) is 60.8 cm³/mol. The highest BCUT2D eigenvalue weighted by molar-refractivity contribution is 4.50. The highest BCUT2D eigenvalue weighted by atomic mass is 14.8. The zero-order valence-corrected chi connectivity index (χ0v) is 9.28. The highest BCUT2D eigenvalue weighted by Gasteiger charge is 1.89. The lowest BCUT2D eigenvalue weighted by atomic mass is 10.1. The number of hydrogen-bond acceptors (Lipinski definition) is 1. The molecule has 0 rings (SSSR count). The van der Waals surface area contributed by atoms with E-state index >= 15 is 0 Å². The monoisotopic (exact) mass is 184 g/mol. The van der Waals surface area contributed by atoms with Crippen LogP contribution in [-0.4, -0.2) is 13.1 Å². The first-order chi connectivity index (χ1) is 6.41. The fraction of sp³-hybridized carbons (Fsp3) is 0.917. The van der Waals surface area contributed by atoms with Crippen LogP contribution in [0.4, 0.5) is 0 Å². The maximum absolute atomic E-state index is 3.84. The highest BCUT2D eigenvalue weighted by Crippen LogP contribution is 2.03. The molecule has 0 aliphatic carbocycles. The van der Waals surface area contributed by atoms with Gasteiger partial charge in [-0.2, -0.15) is 0 Å². The number of rotatable bonds is 10. The van der Waals surface area contributed by atoms with E-state index in [2.05, 4.69) is 19.2 Å². The molecule has 1 N–H and O–H groups in total. The van der Waals surface area contributed by atoms with E-state index in [1.807, 2.05) is 0 Å². The van der Waals surface area contributed by atoms with Crippen LogP contribution in [0.15, 0.2) is 0 Å². The molecule has 0 saturated carbocycles. The maximum atomic E-state index is 3.84. The second kappa shape index (κ2) is 12.0. The molecule has 1 nitrogen and oxygen atoms in total. The van der Waals surface area contributed by atoms with Crippen molar-refractivity contribution in [3.63, 3.8) is 0 Å². The first-order valence-corrected chi connectivity index (χ1v) is 5.91. The van der Waals surface area contributed by atoms with Crippen molar-refractivity contribution >= 4 is 0 Å². The first kappa shape index (κ1) is 13.0. The molecule has 0 aliphatic rings. The molecule has 1 heteroatoms. The number of unbranched alkanes of at least 4 members (excludes halogenated alkanes) is 6. The molecule has 13 heavy (non-hydrogen) atoms. The van der Waals surface area contributed by atoms with Crippen LogP contribution in [0.2, 0.25) is 0 Å². The Hall–Kier alpha value is -0.0400. The van der Waals surface area contributed by atoms with Crippen molar-refractivity contribution in [2.24, 2.45) is 0 Å². The predicted octanol–water partition coefficient (Wildman–Crippen LogP) is 3.55. The summed E-state index contributed by atoms with van der Waals surface area (Å²) in [6.07, 6.45) is 10.5. The molecule has 0 unspecified atom stereocenters. The molecule has 0 aliphatic heterocycles. The van der Waals surface area contributed by atoms with Gasteiger partial charge in [-0.05, 0) is 25.9 Å². The fourth-order valence-corrected chi connectivity index (χ4v) is 1.38. The van der Waals surface area contributed by atoms with Crippen LogP contribution < -0.4 is 5.32 Å². The van der Waals surface area contributed by atoms with E-state index in [1.54, 1.807) is 0 Å². The van der Waals surface area contributed by atoms with Gasteiger partial charge in [0.1, 0.15) is 0 Å². The molecule has 0 bridgehead atoms. The Morgan fingerprint density at radius 3 is 2.15 bits per heavy atom. The summed E-state index contributed by atoms with van der Waals surface area (Å²) in [5.74, 6) is 0. The van der Waals surface area contributed by atoms with E-state index in [4.69, 9.17) is 0 Å². The van der Waals surface area contributed by atoms with Crippen molar-refractivity contribution in [3.05, 3.63) is 6.92 Å². The lowest BCUT2D eigenvalue weighted by molar-refractivity contribution is 0.566. The van der Waals surface area contributed by atoms with Gasteiger partial charge in [0.05, 0.1) is 0 Å². The van der Waals surface area contributed by atoms with Crippen LogP contribution in [0, 0.1) is 6.92 Å². The van der Waals surface area contributed by atoms with Gasteiger partial charge >= 0.3 is 0 Å². The third kappa shape index (κ3) is 12.0. The summed E-state index contributed by atoms with van der Waals surface area (Å²) in [6, 6.07) is 0. The van der Waals surface area contributed by atoms with E-state index in [-0.39, 0.29) is 0 Å². The van der Waals surface area contributed by atoms with Gasteiger partial charge in [-0.3, -0.25) is 0 Å². The molecule has 0 fully saturated rings. The molecular weight excluding hydrogens is 158 g/mol. The van der Waals surface area contributed by atoms with E-state index in [0.717, 1.165) is 6.42 Å². The van der Waals surface area contributed by atoms with E-state index in [1.165, 1.54) is 58.0 Å². The SMILES string of the molecule is [CH2]CCCCCCCNCCCC. The van der Waals surface area contributed by atoms with Crippen molar-refractivity contribution in [1.82, 2.24) is 5.32 Å². The Morgan fingerprint density at radius 1 is 0.846 bits per heavy atom. The van der Waals surface area contributed by atoms with Crippen molar-refractivity contribution in [1.29, 1.82) is 0 Å². The summed E-state index contributed by atoms with van der Waals surface area (Å²) >= 11 is 0. The minimum absolute atomic E-state index is 1.11. The summed E-state index contributed by atoms with van der Waals surface area (Å²) in [5.41, 5.74) is 0. The van der Waals surface area contributed by atoms with Crippen LogP contribution in [-0.2, 0) is 0 Å². The fourth-order valence-electron chi connectivity index (χ4n) is 1.38. The molecule has 0 aromatic carbocycles. The topological polar surface area (TPSA) is 12.0 Å². The minimum Gasteiger partial charge on any atom is -0.317 e. The Bertz CT molecular complexity index is 71.2. The van der Waals surface area contributed by atoms with Gasteiger partial charge in [-0.15, -0.1) is 0 Å². The summed E-state index contributed by atoms with van der Waals surface area (Å²) in [6.45, 7) is 8.49. The van der Waals surface area contributed by atoms with Crippen LogP contribution in [0.3, 0.4) is 0 Å². The van der Waals surface area contributed by atoms with Gasteiger partial charge in [0.2, 0.25) is 0 Å². The van der Waals surface area contributed by atoms with Gasteiger partial charge in [0.15, 0.2) is 0 Å². The second-order valence-electron chi connectivity index (χ2n) is 3.72. The molecular formula is C12H26N. The number of hydrogen-bond donors (Lipinski definition) is 1. The summed E-state index contributed by atoms with van der Waals surface area (Å²) < 4.78 is 0. The van der Waals surface area contributed by atoms with Crippen LogP contribution >= 0.6 is 0 Å². The van der Waals surface area contributed by atoms with Gasteiger partial charge < -0.3 is 5.32 Å². The lowest BCUT2D eigenvalue weighted by Crippen LogP contribution is -2.16. The Balaban J connectivity index is 2.76. The maximum Gasteiger partial charge on any atom is -0.00489 e. The molecule has 1 radical (unpaired) electrons. The average Bonchev–Trinajstić information content (AvgIpc) is 2.16. The smallest absolute Gasteiger partial charge is 0.00489 e. The van der Waals surface area contributed by atoms with Gasteiger partial charge in [0, 0.05) is 0 Å². The van der Waals surface area contributed by atoms with Gasteiger partial charge in [0.25, 0.3) is 0 Å². The Morgan fingerprint density at radius 2 is 1.46 bits per heavy atom. The van der Waals surface area contributed by atoms with E-state index in [9.17, 15) is 0 Å². The standard InChI is InChI=1S/C12H26N/c1-3-5-7-8-9-10-12-13-11-6-4-2/h13H,1,3-12H2,2H3. The molecule has 0 saturated heterocycles. The molecule has 0 spiro atoms. The van der Waals surface area contributed by atoms with E-state index < -0.39 is 0 Å². The second-order valence-corrected chi connectivity index (χ2v) is 3.72. The van der Waals surface area contributed by atoms with Crippen LogP contribution in [0.1, 0.15) is 58.3 Å². The van der Waals surface area contributed by atoms with Gasteiger partial charge in [-0.25, -0.2) is 0 Å². The number of nitrogens with one attached hydrogen (secondary N) is 1.